The van der Waals surface area contributed by atoms with Gasteiger partial charge in [-0.2, -0.15) is 0 Å². The smallest absolute Gasteiger partial charge is 0.335 e. The van der Waals surface area contributed by atoms with Crippen molar-refractivity contribution in [3.05, 3.63) is 102 Å². The monoisotopic (exact) mass is 663 g/mol. The van der Waals surface area contributed by atoms with Crippen LogP contribution in [0.4, 0.5) is 27.7 Å². The number of aromatic nitrogens is 1. The largest absolute Gasteiger partial charge is 0.497 e. The Bertz CT molecular complexity index is 2060. The molecule has 0 saturated heterocycles. The molecule has 0 atom stereocenters. The van der Waals surface area contributed by atoms with Gasteiger partial charge in [-0.3, -0.25) is 4.79 Å². The number of rotatable bonds is 11. The number of hydrogen-bond donors (Lipinski definition) is 5. The Kier molecular flexibility index (Phi) is 9.88. The highest BCUT2D eigenvalue weighted by Crippen LogP contribution is 2.37. The fourth-order valence-electron chi connectivity index (χ4n) is 5.25. The third kappa shape index (κ3) is 8.17. The number of anilines is 4. The number of carbonyl (C=O) groups is 3. The van der Waals surface area contributed by atoms with Gasteiger partial charge in [0.1, 0.15) is 28.8 Å². The number of carboxylic acid groups (broad SMARTS) is 1. The second-order valence-electron chi connectivity index (χ2n) is 12.2. The first-order chi connectivity index (χ1) is 23.3. The summed E-state index contributed by atoms with van der Waals surface area (Å²) in [6.45, 7) is 6.09. The van der Waals surface area contributed by atoms with E-state index in [9.17, 15) is 19.5 Å². The van der Waals surface area contributed by atoms with E-state index in [1.165, 1.54) is 26.4 Å². The van der Waals surface area contributed by atoms with Gasteiger partial charge < -0.3 is 41.0 Å². The van der Waals surface area contributed by atoms with E-state index in [2.05, 4.69) is 20.9 Å². The Morgan fingerprint density at radius 2 is 1.57 bits per heavy atom. The van der Waals surface area contributed by atoms with Crippen molar-refractivity contribution in [3.63, 3.8) is 0 Å². The molecular formula is C37H37N5O7. The summed E-state index contributed by atoms with van der Waals surface area (Å²) in [4.78, 5) is 41.1. The van der Waals surface area contributed by atoms with E-state index in [1.54, 1.807) is 36.5 Å². The Labute approximate surface area is 283 Å². The van der Waals surface area contributed by atoms with Crippen molar-refractivity contribution in [2.75, 3.05) is 30.2 Å². The quantitative estimate of drug-likeness (QED) is 0.0961. The number of nitrogens with one attached hydrogen (secondary N) is 3. The molecule has 3 amide bonds. The highest BCUT2D eigenvalue weighted by atomic mass is 16.5. The van der Waals surface area contributed by atoms with Gasteiger partial charge in [-0.05, 0) is 47.4 Å². The van der Waals surface area contributed by atoms with Gasteiger partial charge in [-0.1, -0.05) is 51.1 Å². The van der Waals surface area contributed by atoms with Crippen LogP contribution in [0.15, 0.2) is 85.1 Å². The summed E-state index contributed by atoms with van der Waals surface area (Å²) in [5, 5.41) is 19.8. The maximum atomic E-state index is 13.4. The number of pyridine rings is 1. The van der Waals surface area contributed by atoms with Crippen molar-refractivity contribution in [1.29, 1.82) is 0 Å². The molecule has 0 aliphatic heterocycles. The van der Waals surface area contributed by atoms with Gasteiger partial charge in [0, 0.05) is 40.4 Å². The number of ether oxygens (including phenoxy) is 3. The number of benzene rings is 4. The van der Waals surface area contributed by atoms with Crippen LogP contribution in [0.25, 0.3) is 10.8 Å². The van der Waals surface area contributed by atoms with Crippen LogP contribution < -0.4 is 35.9 Å². The predicted molar refractivity (Wildman–Crippen MR) is 189 cm³/mol. The van der Waals surface area contributed by atoms with Crippen LogP contribution in [0.5, 0.6) is 23.0 Å². The number of amides is 3. The van der Waals surface area contributed by atoms with E-state index in [0.717, 1.165) is 16.3 Å². The van der Waals surface area contributed by atoms with E-state index in [4.69, 9.17) is 19.9 Å². The molecule has 0 radical (unpaired) electrons. The summed E-state index contributed by atoms with van der Waals surface area (Å²) >= 11 is 0. The minimum atomic E-state index is -1.09. The first-order valence-corrected chi connectivity index (χ1v) is 15.3. The van der Waals surface area contributed by atoms with Gasteiger partial charge in [-0.25, -0.2) is 14.6 Å². The molecule has 12 nitrogen and oxygen atoms in total. The minimum absolute atomic E-state index is 0.0445. The maximum absolute atomic E-state index is 13.4. The van der Waals surface area contributed by atoms with E-state index in [1.807, 2.05) is 57.2 Å². The van der Waals surface area contributed by atoms with Gasteiger partial charge in [0.05, 0.1) is 37.6 Å². The number of nitrogens with zero attached hydrogens (tertiary/aromatic N) is 1. The Morgan fingerprint density at radius 1 is 0.837 bits per heavy atom. The van der Waals surface area contributed by atoms with Crippen molar-refractivity contribution in [3.8, 4) is 23.0 Å². The molecule has 0 spiro atoms. The minimum Gasteiger partial charge on any atom is -0.497 e. The Morgan fingerprint density at radius 3 is 2.24 bits per heavy atom. The second kappa shape index (κ2) is 14.2. The Balaban J connectivity index is 1.39. The number of carboxylic acids is 1. The fraction of sp³-hybridized carbons (Fsp3) is 0.189. The lowest BCUT2D eigenvalue weighted by Gasteiger charge is -2.23. The van der Waals surface area contributed by atoms with E-state index in [0.29, 0.717) is 51.4 Å². The van der Waals surface area contributed by atoms with Gasteiger partial charge in [0.25, 0.3) is 0 Å². The summed E-state index contributed by atoms with van der Waals surface area (Å²) in [6, 6.07) is 22.1. The van der Waals surface area contributed by atoms with Crippen LogP contribution in [-0.4, -0.2) is 42.2 Å². The average Bonchev–Trinajstić information content (AvgIpc) is 3.05. The zero-order valence-corrected chi connectivity index (χ0v) is 27.7. The molecular weight excluding hydrogens is 626 g/mol. The molecule has 5 aromatic rings. The molecule has 5 rings (SSSR count). The number of carbonyl (C=O) groups excluding carboxylic acids is 2. The van der Waals surface area contributed by atoms with Gasteiger partial charge in [0.2, 0.25) is 5.91 Å². The number of primary amides is 1. The van der Waals surface area contributed by atoms with Crippen molar-refractivity contribution in [2.24, 2.45) is 5.73 Å². The number of hydrogen-bond acceptors (Lipinski definition) is 8. The van der Waals surface area contributed by atoms with Crippen molar-refractivity contribution < 1.29 is 33.7 Å². The molecule has 12 heteroatoms. The van der Waals surface area contributed by atoms with E-state index >= 15 is 0 Å². The van der Waals surface area contributed by atoms with E-state index < -0.39 is 17.9 Å². The molecule has 0 aliphatic rings. The van der Waals surface area contributed by atoms with Crippen molar-refractivity contribution in [1.82, 2.24) is 4.98 Å². The number of nitrogens with two attached hydrogens (primary N) is 1. The van der Waals surface area contributed by atoms with Crippen LogP contribution in [0.1, 0.15) is 42.3 Å². The normalized spacial score (nSPS) is 11.0. The van der Waals surface area contributed by atoms with Crippen LogP contribution in [0.2, 0.25) is 0 Å². The summed E-state index contributed by atoms with van der Waals surface area (Å²) in [5.74, 6) is 0.567. The maximum Gasteiger partial charge on any atom is 0.335 e. The van der Waals surface area contributed by atoms with Gasteiger partial charge in [-0.15, -0.1) is 0 Å². The SMILES string of the molecule is COc1cc(Nc2cc(Oc3ccc(NC(=O)Nc4cc(C(C)(C)C)cc(CC(N)=O)c4OC)c4ccccc34)ccn2)cc(C(=O)O)c1. The van der Waals surface area contributed by atoms with Gasteiger partial charge in [0.15, 0.2) is 0 Å². The molecule has 49 heavy (non-hydrogen) atoms. The summed E-state index contributed by atoms with van der Waals surface area (Å²) in [7, 11) is 2.93. The first-order valence-electron chi connectivity index (χ1n) is 15.3. The number of fused-ring (bicyclic) bond motifs is 1. The molecule has 0 fully saturated rings. The standard InChI is InChI=1S/C37H37N5O7/c1-37(2,3)23-14-21(17-32(38)43)34(48-5)30(18-23)42-36(46)41-29-10-11-31(28-9-7-6-8-27(28)29)49-25-12-13-39-33(20-25)40-24-15-22(35(44)45)16-26(19-24)47-4/h6-16,18-20H,17H2,1-5H3,(H2,38,43)(H,39,40)(H,44,45)(H2,41,42,46). The molecule has 252 valence electrons. The number of aromatic carboxylic acids is 1. The molecule has 0 aliphatic carbocycles. The molecule has 0 unspecified atom stereocenters. The van der Waals surface area contributed by atoms with Crippen molar-refractivity contribution >= 4 is 51.6 Å². The van der Waals surface area contributed by atoms with Crippen molar-refractivity contribution in [2.45, 2.75) is 32.6 Å². The van der Waals surface area contributed by atoms with Crippen LogP contribution in [0, 0.1) is 0 Å². The lowest BCUT2D eigenvalue weighted by atomic mass is 9.85. The van der Waals surface area contributed by atoms with Crippen LogP contribution in [0.3, 0.4) is 0 Å². The highest BCUT2D eigenvalue weighted by molar-refractivity contribution is 6.08. The molecule has 1 aromatic heterocycles. The molecule has 0 saturated carbocycles. The van der Waals surface area contributed by atoms with Crippen LogP contribution >= 0.6 is 0 Å². The zero-order valence-electron chi connectivity index (χ0n) is 27.7. The third-order valence-corrected chi connectivity index (χ3v) is 7.60. The number of urea groups is 1. The Hall–Kier alpha value is -6.30. The van der Waals surface area contributed by atoms with Gasteiger partial charge >= 0.3 is 12.0 Å². The lowest BCUT2D eigenvalue weighted by molar-refractivity contribution is -0.117. The molecule has 4 aromatic carbocycles. The van der Waals surface area contributed by atoms with Crippen LogP contribution in [-0.2, 0) is 16.6 Å². The fourth-order valence-corrected chi connectivity index (χ4v) is 5.25. The number of methoxy groups -OCH3 is 2. The van der Waals surface area contributed by atoms with E-state index in [-0.39, 0.29) is 17.4 Å². The highest BCUT2D eigenvalue weighted by Gasteiger charge is 2.22. The average molecular weight is 664 g/mol. The molecule has 1 heterocycles. The predicted octanol–water partition coefficient (Wildman–Crippen LogP) is 7.46. The summed E-state index contributed by atoms with van der Waals surface area (Å²) in [6.07, 6.45) is 1.52. The lowest BCUT2D eigenvalue weighted by Crippen LogP contribution is -2.22. The second-order valence-corrected chi connectivity index (χ2v) is 12.2. The third-order valence-electron chi connectivity index (χ3n) is 7.60. The molecule has 6 N–H and O–H groups in total. The first kappa shape index (κ1) is 34.0. The summed E-state index contributed by atoms with van der Waals surface area (Å²) in [5.41, 5.74) is 8.19. The topological polar surface area (TPSA) is 174 Å². The summed E-state index contributed by atoms with van der Waals surface area (Å²) < 4.78 is 17.1. The zero-order chi connectivity index (χ0) is 35.3. The molecule has 0 bridgehead atoms.